The van der Waals surface area contributed by atoms with Gasteiger partial charge in [0.05, 0.1) is 6.54 Å². The Hall–Kier alpha value is -1.64. The van der Waals surface area contributed by atoms with Gasteiger partial charge in [0.1, 0.15) is 0 Å². The molecule has 2 rings (SSSR count). The van der Waals surface area contributed by atoms with E-state index in [1.807, 2.05) is 0 Å². The number of anilines is 1. The molecule has 92 valence electrons. The first-order valence-electron chi connectivity index (χ1n) is 4.51. The first-order valence-corrected chi connectivity index (χ1v) is 5.39. The fourth-order valence-electron chi connectivity index (χ4n) is 1.05. The molecule has 1 N–H and O–H groups in total. The van der Waals surface area contributed by atoms with E-state index in [1.165, 1.54) is 0 Å². The summed E-state index contributed by atoms with van der Waals surface area (Å²) in [6.45, 7) is 1.80. The summed E-state index contributed by atoms with van der Waals surface area (Å²) < 4.78 is 41.4. The van der Waals surface area contributed by atoms with Crippen molar-refractivity contribution in [2.75, 3.05) is 5.32 Å². The third-order valence-electron chi connectivity index (χ3n) is 1.76. The maximum atomic E-state index is 12.2. The summed E-state index contributed by atoms with van der Waals surface area (Å²) in [5.74, 6) is 0.767. The van der Waals surface area contributed by atoms with Gasteiger partial charge in [0.25, 0.3) is 0 Å². The fraction of sp³-hybridized carbons (Fsp3) is 0.375. The molecule has 9 heteroatoms. The number of thiazole rings is 1. The summed E-state index contributed by atoms with van der Waals surface area (Å²) in [5.41, 5.74) is -0.908. The van der Waals surface area contributed by atoms with E-state index in [2.05, 4.69) is 20.4 Å². The van der Waals surface area contributed by atoms with Crippen LogP contribution in [0.5, 0.6) is 0 Å². The third-order valence-corrected chi connectivity index (χ3v) is 2.56. The van der Waals surface area contributed by atoms with E-state index in [0.29, 0.717) is 11.7 Å². The van der Waals surface area contributed by atoms with E-state index < -0.39 is 11.9 Å². The van der Waals surface area contributed by atoms with E-state index in [9.17, 15) is 13.2 Å². The van der Waals surface area contributed by atoms with Crippen LogP contribution in [0.1, 0.15) is 17.4 Å². The lowest BCUT2D eigenvalue weighted by molar-refractivity contribution is -0.140. The maximum absolute atomic E-state index is 12.2. The van der Waals surface area contributed by atoms with Crippen molar-refractivity contribution in [1.29, 1.82) is 0 Å². The Morgan fingerprint density at radius 2 is 2.18 bits per heavy atom. The van der Waals surface area contributed by atoms with Crippen molar-refractivity contribution in [2.45, 2.75) is 19.6 Å². The van der Waals surface area contributed by atoms with E-state index in [-0.39, 0.29) is 11.7 Å². The lowest BCUT2D eigenvalue weighted by Crippen LogP contribution is -2.06. The van der Waals surface area contributed by atoms with Crippen LogP contribution in [-0.2, 0) is 12.7 Å². The minimum atomic E-state index is -4.42. The van der Waals surface area contributed by atoms with Crippen molar-refractivity contribution in [3.8, 4) is 0 Å². The van der Waals surface area contributed by atoms with E-state index in [1.54, 1.807) is 6.92 Å². The number of alkyl halides is 3. The first kappa shape index (κ1) is 11.8. The number of hydrogen-bond donors (Lipinski definition) is 1. The second kappa shape index (κ2) is 4.32. The Bertz CT molecular complexity index is 507. The minimum absolute atomic E-state index is 0.166. The zero-order valence-corrected chi connectivity index (χ0v) is 9.39. The highest BCUT2D eigenvalue weighted by molar-refractivity contribution is 7.13. The molecular weight excluding hydrogens is 257 g/mol. The van der Waals surface area contributed by atoms with Crippen LogP contribution in [0.25, 0.3) is 0 Å². The molecule has 0 radical (unpaired) electrons. The molecule has 5 nitrogen and oxygen atoms in total. The molecule has 0 saturated carbocycles. The molecule has 0 amide bonds. The molecule has 2 heterocycles. The monoisotopic (exact) mass is 264 g/mol. The van der Waals surface area contributed by atoms with Crippen molar-refractivity contribution in [2.24, 2.45) is 0 Å². The number of halogens is 3. The van der Waals surface area contributed by atoms with Crippen LogP contribution in [0.15, 0.2) is 9.90 Å². The van der Waals surface area contributed by atoms with Gasteiger partial charge < -0.3 is 9.84 Å². The summed E-state index contributed by atoms with van der Waals surface area (Å²) in [6.07, 6.45) is -4.42. The smallest absolute Gasteiger partial charge is 0.354 e. The number of aromatic nitrogens is 3. The Labute approximate surface area is 97.7 Å². The van der Waals surface area contributed by atoms with Crippen LogP contribution in [-0.4, -0.2) is 15.1 Å². The predicted octanol–water partition coefficient (Wildman–Crippen LogP) is 2.47. The quantitative estimate of drug-likeness (QED) is 0.922. The molecule has 0 aliphatic heterocycles. The van der Waals surface area contributed by atoms with Gasteiger partial charge in [-0.05, 0) is 0 Å². The highest BCUT2D eigenvalue weighted by Gasteiger charge is 2.33. The summed E-state index contributed by atoms with van der Waals surface area (Å²) in [6, 6.07) is 0. The summed E-state index contributed by atoms with van der Waals surface area (Å²) >= 11 is 0.874. The average Bonchev–Trinajstić information content (AvgIpc) is 2.82. The van der Waals surface area contributed by atoms with Crippen LogP contribution >= 0.6 is 11.3 Å². The lowest BCUT2D eigenvalue weighted by Gasteiger charge is -2.00. The number of rotatable bonds is 3. The van der Waals surface area contributed by atoms with Gasteiger partial charge in [0.15, 0.2) is 16.6 Å². The topological polar surface area (TPSA) is 63.8 Å². The molecular formula is C8H7F3N4OS. The van der Waals surface area contributed by atoms with Gasteiger partial charge in [0.2, 0.25) is 5.89 Å². The standard InChI is InChI=1S/C8H7F3N4OS/c1-4-13-6(15-16-4)2-12-7-14-5(3-17-7)8(9,10)11/h3H,2H2,1H3,(H,12,14). The highest BCUT2D eigenvalue weighted by atomic mass is 32.1. The van der Waals surface area contributed by atoms with Crippen molar-refractivity contribution in [3.05, 3.63) is 22.8 Å². The van der Waals surface area contributed by atoms with Gasteiger partial charge in [0, 0.05) is 12.3 Å². The second-order valence-corrected chi connectivity index (χ2v) is 3.98. The van der Waals surface area contributed by atoms with E-state index >= 15 is 0 Å². The molecule has 0 aliphatic carbocycles. The molecule has 2 aromatic rings. The summed E-state index contributed by atoms with van der Waals surface area (Å²) in [4.78, 5) is 7.30. The normalized spacial score (nSPS) is 11.8. The van der Waals surface area contributed by atoms with Gasteiger partial charge in [-0.25, -0.2) is 4.98 Å². The molecule has 0 saturated heterocycles. The molecule has 2 aromatic heterocycles. The molecule has 0 unspecified atom stereocenters. The Kier molecular flexibility index (Phi) is 3.01. The molecule has 0 atom stereocenters. The molecule has 0 spiro atoms. The summed E-state index contributed by atoms with van der Waals surface area (Å²) in [5, 5.41) is 7.40. The van der Waals surface area contributed by atoms with Gasteiger partial charge in [-0.15, -0.1) is 11.3 Å². The second-order valence-electron chi connectivity index (χ2n) is 3.12. The van der Waals surface area contributed by atoms with Gasteiger partial charge >= 0.3 is 6.18 Å². The van der Waals surface area contributed by atoms with Crippen LogP contribution < -0.4 is 5.32 Å². The largest absolute Gasteiger partial charge is 0.434 e. The molecule has 0 aliphatic rings. The SMILES string of the molecule is Cc1nc(CNc2nc(C(F)(F)F)cs2)no1. The number of aryl methyl sites for hydroxylation is 1. The minimum Gasteiger partial charge on any atom is -0.354 e. The van der Waals surface area contributed by atoms with Crippen LogP contribution in [0.4, 0.5) is 18.3 Å². The maximum Gasteiger partial charge on any atom is 0.434 e. The molecule has 0 aromatic carbocycles. The van der Waals surface area contributed by atoms with Crippen molar-refractivity contribution in [3.63, 3.8) is 0 Å². The van der Waals surface area contributed by atoms with Crippen LogP contribution in [0.2, 0.25) is 0 Å². The number of nitrogens with one attached hydrogen (secondary N) is 1. The van der Waals surface area contributed by atoms with Gasteiger partial charge in [-0.1, -0.05) is 5.16 Å². The van der Waals surface area contributed by atoms with Gasteiger partial charge in [-0.2, -0.15) is 18.2 Å². The first-order chi connectivity index (χ1) is 7.95. The third kappa shape index (κ3) is 2.93. The number of nitrogens with zero attached hydrogens (tertiary/aromatic N) is 3. The van der Waals surface area contributed by atoms with Gasteiger partial charge in [-0.3, -0.25) is 0 Å². The number of hydrogen-bond acceptors (Lipinski definition) is 6. The van der Waals surface area contributed by atoms with E-state index in [4.69, 9.17) is 4.52 Å². The molecule has 0 bridgehead atoms. The lowest BCUT2D eigenvalue weighted by atomic mass is 10.5. The highest BCUT2D eigenvalue weighted by Crippen LogP contribution is 2.31. The predicted molar refractivity (Wildman–Crippen MR) is 53.5 cm³/mol. The van der Waals surface area contributed by atoms with Crippen molar-refractivity contribution < 1.29 is 17.7 Å². The van der Waals surface area contributed by atoms with Crippen LogP contribution in [0.3, 0.4) is 0 Å². The zero-order valence-electron chi connectivity index (χ0n) is 8.58. The van der Waals surface area contributed by atoms with Crippen LogP contribution in [0, 0.1) is 6.92 Å². The Balaban J connectivity index is 1.98. The molecule has 17 heavy (non-hydrogen) atoms. The fourth-order valence-corrected chi connectivity index (χ4v) is 1.77. The Morgan fingerprint density at radius 3 is 2.71 bits per heavy atom. The Morgan fingerprint density at radius 1 is 1.41 bits per heavy atom. The van der Waals surface area contributed by atoms with E-state index in [0.717, 1.165) is 16.7 Å². The molecule has 0 fully saturated rings. The van der Waals surface area contributed by atoms with Crippen molar-refractivity contribution in [1.82, 2.24) is 15.1 Å². The van der Waals surface area contributed by atoms with Crippen molar-refractivity contribution >= 4 is 16.5 Å². The summed E-state index contributed by atoms with van der Waals surface area (Å²) in [7, 11) is 0. The average molecular weight is 264 g/mol. The zero-order chi connectivity index (χ0) is 12.5.